The first-order valence-electron chi connectivity index (χ1n) is 7.26. The van der Waals surface area contributed by atoms with Crippen LogP contribution in [0.5, 0.6) is 0 Å². The number of aliphatic hydroxyl groups is 1. The van der Waals surface area contributed by atoms with Crippen LogP contribution in [0.25, 0.3) is 0 Å². The fraction of sp³-hybridized carbons (Fsp3) is 0.625. The first kappa shape index (κ1) is 14.5. The molecule has 2 N–H and O–H groups in total. The SMILES string of the molecule is CC1(C)CCNCC(CCO)N1Cc1ccccc1. The van der Waals surface area contributed by atoms with E-state index in [-0.39, 0.29) is 12.1 Å². The Hall–Kier alpha value is -0.900. The first-order chi connectivity index (χ1) is 9.13. The van der Waals surface area contributed by atoms with Crippen molar-refractivity contribution in [3.8, 4) is 0 Å². The van der Waals surface area contributed by atoms with Crippen molar-refractivity contribution in [1.29, 1.82) is 0 Å². The van der Waals surface area contributed by atoms with Gasteiger partial charge in [0.25, 0.3) is 0 Å². The van der Waals surface area contributed by atoms with Gasteiger partial charge in [-0.25, -0.2) is 0 Å². The summed E-state index contributed by atoms with van der Waals surface area (Å²) in [5.74, 6) is 0. The summed E-state index contributed by atoms with van der Waals surface area (Å²) in [6, 6.07) is 11.0. The molecular formula is C16H26N2O. The van der Waals surface area contributed by atoms with Gasteiger partial charge in [0, 0.05) is 31.3 Å². The minimum absolute atomic E-state index is 0.166. The number of benzene rings is 1. The normalized spacial score (nSPS) is 24.1. The van der Waals surface area contributed by atoms with Gasteiger partial charge in [-0.1, -0.05) is 30.3 Å². The summed E-state index contributed by atoms with van der Waals surface area (Å²) in [5.41, 5.74) is 1.51. The number of nitrogens with zero attached hydrogens (tertiary/aromatic N) is 1. The molecule has 1 fully saturated rings. The molecule has 3 nitrogen and oxygen atoms in total. The van der Waals surface area contributed by atoms with Crippen LogP contribution < -0.4 is 5.32 Å². The standard InChI is InChI=1S/C16H26N2O/c1-16(2)9-10-17-12-15(8-11-19)18(16)13-14-6-4-3-5-7-14/h3-7,15,17,19H,8-13H2,1-2H3. The Bertz CT molecular complexity index is 378. The Labute approximate surface area is 116 Å². The van der Waals surface area contributed by atoms with Crippen molar-refractivity contribution in [3.63, 3.8) is 0 Å². The van der Waals surface area contributed by atoms with Crippen LogP contribution in [0, 0.1) is 0 Å². The predicted molar refractivity (Wildman–Crippen MR) is 79.0 cm³/mol. The molecule has 1 heterocycles. The van der Waals surface area contributed by atoms with E-state index in [0.29, 0.717) is 6.04 Å². The molecule has 1 aromatic carbocycles. The van der Waals surface area contributed by atoms with Gasteiger partial charge < -0.3 is 10.4 Å². The van der Waals surface area contributed by atoms with Gasteiger partial charge in [-0.3, -0.25) is 4.90 Å². The summed E-state index contributed by atoms with van der Waals surface area (Å²) in [6.45, 7) is 7.87. The molecule has 1 atom stereocenters. The number of nitrogens with one attached hydrogen (secondary N) is 1. The molecule has 0 bridgehead atoms. The van der Waals surface area contributed by atoms with Crippen LogP contribution >= 0.6 is 0 Å². The zero-order valence-corrected chi connectivity index (χ0v) is 12.1. The molecule has 106 valence electrons. The van der Waals surface area contributed by atoms with Crippen molar-refractivity contribution >= 4 is 0 Å². The Morgan fingerprint density at radius 2 is 2.05 bits per heavy atom. The largest absolute Gasteiger partial charge is 0.396 e. The second-order valence-corrected chi connectivity index (χ2v) is 6.05. The molecule has 0 saturated carbocycles. The molecule has 1 aliphatic heterocycles. The van der Waals surface area contributed by atoms with E-state index in [4.69, 9.17) is 0 Å². The summed E-state index contributed by atoms with van der Waals surface area (Å²) < 4.78 is 0. The number of hydrogen-bond acceptors (Lipinski definition) is 3. The molecule has 0 amide bonds. The topological polar surface area (TPSA) is 35.5 Å². The Kier molecular flexibility index (Phi) is 4.97. The third kappa shape index (κ3) is 3.78. The second-order valence-electron chi connectivity index (χ2n) is 6.05. The summed E-state index contributed by atoms with van der Waals surface area (Å²) in [5, 5.41) is 12.8. The lowest BCUT2D eigenvalue weighted by Gasteiger charge is -2.42. The molecular weight excluding hydrogens is 236 g/mol. The molecule has 0 radical (unpaired) electrons. The van der Waals surface area contributed by atoms with E-state index >= 15 is 0 Å². The van der Waals surface area contributed by atoms with E-state index in [9.17, 15) is 5.11 Å². The highest BCUT2D eigenvalue weighted by molar-refractivity contribution is 5.15. The highest BCUT2D eigenvalue weighted by Crippen LogP contribution is 2.27. The summed E-state index contributed by atoms with van der Waals surface area (Å²) >= 11 is 0. The molecule has 0 spiro atoms. The summed E-state index contributed by atoms with van der Waals surface area (Å²) in [7, 11) is 0. The lowest BCUT2D eigenvalue weighted by Crippen LogP contribution is -2.50. The van der Waals surface area contributed by atoms with Crippen LogP contribution in [-0.4, -0.2) is 41.3 Å². The number of aliphatic hydroxyl groups excluding tert-OH is 1. The quantitative estimate of drug-likeness (QED) is 0.871. The van der Waals surface area contributed by atoms with Gasteiger partial charge >= 0.3 is 0 Å². The van der Waals surface area contributed by atoms with Crippen molar-refractivity contribution < 1.29 is 5.11 Å². The monoisotopic (exact) mass is 262 g/mol. The van der Waals surface area contributed by atoms with Gasteiger partial charge in [-0.05, 0) is 38.8 Å². The maximum atomic E-state index is 9.31. The molecule has 1 aromatic rings. The highest BCUT2D eigenvalue weighted by atomic mass is 16.3. The van der Waals surface area contributed by atoms with Gasteiger partial charge in [0.2, 0.25) is 0 Å². The minimum Gasteiger partial charge on any atom is -0.396 e. The molecule has 0 aromatic heterocycles. The Balaban J connectivity index is 2.18. The second kappa shape index (κ2) is 6.51. The fourth-order valence-corrected chi connectivity index (χ4v) is 2.94. The zero-order valence-electron chi connectivity index (χ0n) is 12.1. The van der Waals surface area contributed by atoms with Gasteiger partial charge in [0.15, 0.2) is 0 Å². The summed E-state index contributed by atoms with van der Waals surface area (Å²) in [4.78, 5) is 2.55. The van der Waals surface area contributed by atoms with Gasteiger partial charge in [0.1, 0.15) is 0 Å². The Morgan fingerprint density at radius 3 is 2.74 bits per heavy atom. The molecule has 1 unspecified atom stereocenters. The molecule has 2 rings (SSSR count). The van der Waals surface area contributed by atoms with E-state index in [2.05, 4.69) is 54.4 Å². The molecule has 0 aliphatic carbocycles. The van der Waals surface area contributed by atoms with Crippen LogP contribution in [-0.2, 0) is 6.54 Å². The van der Waals surface area contributed by atoms with Crippen molar-refractivity contribution in [3.05, 3.63) is 35.9 Å². The van der Waals surface area contributed by atoms with E-state index in [1.807, 2.05) is 0 Å². The molecule has 3 heteroatoms. The maximum Gasteiger partial charge on any atom is 0.0446 e. The Morgan fingerprint density at radius 1 is 1.32 bits per heavy atom. The van der Waals surface area contributed by atoms with Crippen molar-refractivity contribution in [2.75, 3.05) is 19.7 Å². The van der Waals surface area contributed by atoms with E-state index < -0.39 is 0 Å². The number of rotatable bonds is 4. The molecule has 19 heavy (non-hydrogen) atoms. The van der Waals surface area contributed by atoms with Gasteiger partial charge in [0.05, 0.1) is 0 Å². The predicted octanol–water partition coefficient (Wildman–Crippen LogP) is 2.01. The third-order valence-corrected chi connectivity index (χ3v) is 4.17. The lowest BCUT2D eigenvalue weighted by atomic mass is 9.95. The average molecular weight is 262 g/mol. The van der Waals surface area contributed by atoms with Gasteiger partial charge in [-0.15, -0.1) is 0 Å². The van der Waals surface area contributed by atoms with Crippen molar-refractivity contribution in [2.45, 2.75) is 44.8 Å². The van der Waals surface area contributed by atoms with Crippen LogP contribution in [0.4, 0.5) is 0 Å². The minimum atomic E-state index is 0.166. The highest BCUT2D eigenvalue weighted by Gasteiger charge is 2.33. The third-order valence-electron chi connectivity index (χ3n) is 4.17. The van der Waals surface area contributed by atoms with Crippen molar-refractivity contribution in [2.24, 2.45) is 0 Å². The lowest BCUT2D eigenvalue weighted by molar-refractivity contribution is 0.0556. The van der Waals surface area contributed by atoms with Crippen molar-refractivity contribution in [1.82, 2.24) is 10.2 Å². The molecule has 1 saturated heterocycles. The van der Waals surface area contributed by atoms with E-state index in [0.717, 1.165) is 32.5 Å². The maximum absolute atomic E-state index is 9.31. The average Bonchev–Trinajstić information content (AvgIpc) is 2.53. The van der Waals surface area contributed by atoms with E-state index in [1.165, 1.54) is 5.56 Å². The van der Waals surface area contributed by atoms with Crippen LogP contribution in [0.1, 0.15) is 32.3 Å². The number of hydrogen-bond donors (Lipinski definition) is 2. The molecule has 1 aliphatic rings. The fourth-order valence-electron chi connectivity index (χ4n) is 2.94. The van der Waals surface area contributed by atoms with E-state index in [1.54, 1.807) is 0 Å². The first-order valence-corrected chi connectivity index (χ1v) is 7.26. The smallest absolute Gasteiger partial charge is 0.0446 e. The van der Waals surface area contributed by atoms with Crippen LogP contribution in [0.15, 0.2) is 30.3 Å². The van der Waals surface area contributed by atoms with Crippen LogP contribution in [0.2, 0.25) is 0 Å². The van der Waals surface area contributed by atoms with Crippen LogP contribution in [0.3, 0.4) is 0 Å². The van der Waals surface area contributed by atoms with Gasteiger partial charge in [-0.2, -0.15) is 0 Å². The summed E-state index contributed by atoms with van der Waals surface area (Å²) in [6.07, 6.45) is 1.98. The zero-order chi connectivity index (χ0) is 13.7.